The van der Waals surface area contributed by atoms with Crippen molar-refractivity contribution in [3.8, 4) is 0 Å². The standard InChI is InChI=1S/C10H11IN2/c11-8-1-2-10(12-5-8)13-6-7-3-9(13)4-7/h1-2,5,7,9H,3-4,6H2. The minimum absolute atomic E-state index is 0.803. The SMILES string of the molecule is Ic1ccc(N2CC3CC2C3)nc1. The average molecular weight is 286 g/mol. The van der Waals surface area contributed by atoms with Crippen LogP contribution in [0.2, 0.25) is 0 Å². The highest BCUT2D eigenvalue weighted by Crippen LogP contribution is 2.42. The van der Waals surface area contributed by atoms with Crippen molar-refractivity contribution in [3.63, 3.8) is 0 Å². The monoisotopic (exact) mass is 286 g/mol. The van der Waals surface area contributed by atoms with E-state index in [1.165, 1.54) is 28.8 Å². The van der Waals surface area contributed by atoms with Gasteiger partial charge in [-0.25, -0.2) is 4.98 Å². The Morgan fingerprint density at radius 3 is 2.77 bits per heavy atom. The van der Waals surface area contributed by atoms with Crippen molar-refractivity contribution in [2.24, 2.45) is 5.92 Å². The van der Waals surface area contributed by atoms with Gasteiger partial charge < -0.3 is 4.90 Å². The number of anilines is 1. The van der Waals surface area contributed by atoms with Gasteiger partial charge >= 0.3 is 0 Å². The highest BCUT2D eigenvalue weighted by atomic mass is 127. The van der Waals surface area contributed by atoms with Crippen LogP contribution in [-0.4, -0.2) is 17.6 Å². The molecule has 1 aliphatic carbocycles. The Labute approximate surface area is 91.5 Å². The maximum absolute atomic E-state index is 4.46. The summed E-state index contributed by atoms with van der Waals surface area (Å²) in [6, 6.07) is 5.08. The normalized spacial score (nSPS) is 30.4. The van der Waals surface area contributed by atoms with Crippen LogP contribution in [0.5, 0.6) is 0 Å². The number of nitrogens with zero attached hydrogens (tertiary/aromatic N) is 2. The van der Waals surface area contributed by atoms with Gasteiger partial charge in [0.25, 0.3) is 0 Å². The fourth-order valence-electron chi connectivity index (χ4n) is 2.35. The molecule has 2 nitrogen and oxygen atoms in total. The van der Waals surface area contributed by atoms with Crippen molar-refractivity contribution in [2.75, 3.05) is 11.4 Å². The lowest BCUT2D eigenvalue weighted by Crippen LogP contribution is -2.29. The van der Waals surface area contributed by atoms with Gasteiger partial charge in [-0.05, 0) is 53.5 Å². The first-order valence-electron chi connectivity index (χ1n) is 4.71. The van der Waals surface area contributed by atoms with Gasteiger partial charge in [-0.15, -0.1) is 0 Å². The number of pyridine rings is 1. The topological polar surface area (TPSA) is 16.1 Å². The molecule has 0 amide bonds. The fourth-order valence-corrected chi connectivity index (χ4v) is 2.67. The summed E-state index contributed by atoms with van der Waals surface area (Å²) in [4.78, 5) is 6.91. The van der Waals surface area contributed by atoms with Gasteiger partial charge in [0.15, 0.2) is 0 Å². The lowest BCUT2D eigenvalue weighted by atomic mass is 9.86. The summed E-state index contributed by atoms with van der Waals surface area (Å²) in [6.45, 7) is 1.23. The highest BCUT2D eigenvalue weighted by Gasteiger charge is 2.42. The second-order valence-corrected chi connectivity index (χ2v) is 5.22. The summed E-state index contributed by atoms with van der Waals surface area (Å²) in [5.74, 6) is 2.14. The van der Waals surface area contributed by atoms with E-state index in [1.54, 1.807) is 0 Å². The molecule has 3 heteroatoms. The van der Waals surface area contributed by atoms with E-state index in [2.05, 4.69) is 44.6 Å². The molecule has 1 aromatic rings. The van der Waals surface area contributed by atoms with Crippen LogP contribution in [0.15, 0.2) is 18.3 Å². The molecule has 3 aliphatic rings. The van der Waals surface area contributed by atoms with Crippen molar-refractivity contribution in [1.29, 1.82) is 0 Å². The largest absolute Gasteiger partial charge is 0.353 e. The molecule has 13 heavy (non-hydrogen) atoms. The van der Waals surface area contributed by atoms with Gasteiger partial charge in [0, 0.05) is 22.4 Å². The molecule has 1 aromatic heterocycles. The first kappa shape index (κ1) is 8.03. The molecule has 3 fully saturated rings. The minimum Gasteiger partial charge on any atom is -0.353 e. The zero-order valence-electron chi connectivity index (χ0n) is 7.28. The van der Waals surface area contributed by atoms with Gasteiger partial charge in [0.05, 0.1) is 0 Å². The molecule has 2 aliphatic heterocycles. The smallest absolute Gasteiger partial charge is 0.128 e. The number of hydrogen-bond acceptors (Lipinski definition) is 2. The third-order valence-electron chi connectivity index (χ3n) is 3.11. The van der Waals surface area contributed by atoms with E-state index in [0.29, 0.717) is 0 Å². The van der Waals surface area contributed by atoms with Gasteiger partial charge in [-0.1, -0.05) is 0 Å². The van der Waals surface area contributed by atoms with Crippen LogP contribution in [0.25, 0.3) is 0 Å². The maximum atomic E-state index is 4.46. The number of fused-ring (bicyclic) bond motifs is 1. The summed E-state index contributed by atoms with van der Waals surface area (Å²) in [5.41, 5.74) is 0. The van der Waals surface area contributed by atoms with E-state index in [1.807, 2.05) is 6.20 Å². The molecule has 0 spiro atoms. The maximum Gasteiger partial charge on any atom is 0.128 e. The zero-order valence-corrected chi connectivity index (χ0v) is 9.44. The first-order valence-corrected chi connectivity index (χ1v) is 5.79. The Morgan fingerprint density at radius 1 is 1.38 bits per heavy atom. The van der Waals surface area contributed by atoms with Crippen molar-refractivity contribution in [2.45, 2.75) is 18.9 Å². The molecule has 2 bridgehead atoms. The van der Waals surface area contributed by atoms with Crippen LogP contribution in [0.1, 0.15) is 12.8 Å². The first-order chi connectivity index (χ1) is 6.33. The van der Waals surface area contributed by atoms with Crippen LogP contribution >= 0.6 is 22.6 Å². The van der Waals surface area contributed by atoms with E-state index in [-0.39, 0.29) is 0 Å². The number of halogens is 1. The van der Waals surface area contributed by atoms with Crippen LogP contribution in [0.3, 0.4) is 0 Å². The molecule has 3 heterocycles. The zero-order chi connectivity index (χ0) is 8.84. The van der Waals surface area contributed by atoms with E-state index in [9.17, 15) is 0 Å². The van der Waals surface area contributed by atoms with E-state index in [4.69, 9.17) is 0 Å². The Hall–Kier alpha value is -0.320. The molecule has 0 N–H and O–H groups in total. The average Bonchev–Trinajstić information content (AvgIpc) is 2.62. The summed E-state index contributed by atoms with van der Waals surface area (Å²) in [5, 5.41) is 0. The lowest BCUT2D eigenvalue weighted by Gasteiger charge is -2.26. The summed E-state index contributed by atoms with van der Waals surface area (Å²) in [7, 11) is 0. The molecule has 4 rings (SSSR count). The van der Waals surface area contributed by atoms with Crippen LogP contribution in [-0.2, 0) is 0 Å². The minimum atomic E-state index is 0.803. The second kappa shape index (κ2) is 2.83. The van der Waals surface area contributed by atoms with Crippen molar-refractivity contribution in [1.82, 2.24) is 4.98 Å². The quantitative estimate of drug-likeness (QED) is 0.736. The molecule has 1 saturated carbocycles. The summed E-state index contributed by atoms with van der Waals surface area (Å²) < 4.78 is 1.22. The van der Waals surface area contributed by atoms with Gasteiger partial charge in [0.2, 0.25) is 0 Å². The Balaban J connectivity index is 1.88. The Kier molecular flexibility index (Phi) is 1.75. The van der Waals surface area contributed by atoms with E-state index in [0.717, 1.165) is 12.0 Å². The molecule has 0 aromatic carbocycles. The number of hydrogen-bond donors (Lipinski definition) is 0. The van der Waals surface area contributed by atoms with Crippen LogP contribution in [0.4, 0.5) is 5.82 Å². The van der Waals surface area contributed by atoms with Crippen LogP contribution in [0, 0.1) is 9.49 Å². The number of rotatable bonds is 1. The molecule has 0 atom stereocenters. The molecular formula is C10H11IN2. The fraction of sp³-hybridized carbons (Fsp3) is 0.500. The molecule has 0 unspecified atom stereocenters. The summed E-state index contributed by atoms with van der Waals surface area (Å²) >= 11 is 2.29. The molecule has 2 saturated heterocycles. The van der Waals surface area contributed by atoms with Gasteiger partial charge in [0.1, 0.15) is 5.82 Å². The van der Waals surface area contributed by atoms with Gasteiger partial charge in [-0.3, -0.25) is 0 Å². The third-order valence-corrected chi connectivity index (χ3v) is 3.75. The van der Waals surface area contributed by atoms with E-state index < -0.39 is 0 Å². The van der Waals surface area contributed by atoms with Crippen molar-refractivity contribution >= 4 is 28.4 Å². The Morgan fingerprint density at radius 2 is 2.23 bits per heavy atom. The van der Waals surface area contributed by atoms with Gasteiger partial charge in [-0.2, -0.15) is 0 Å². The van der Waals surface area contributed by atoms with Crippen molar-refractivity contribution < 1.29 is 0 Å². The Bertz CT molecular complexity index is 316. The predicted octanol–water partition coefficient (Wildman–Crippen LogP) is 2.28. The summed E-state index contributed by atoms with van der Waals surface area (Å²) in [6.07, 6.45) is 4.74. The molecule has 68 valence electrons. The van der Waals surface area contributed by atoms with E-state index >= 15 is 0 Å². The van der Waals surface area contributed by atoms with Crippen molar-refractivity contribution in [3.05, 3.63) is 21.9 Å². The predicted molar refractivity (Wildman–Crippen MR) is 60.8 cm³/mol. The molecule has 0 radical (unpaired) electrons. The third kappa shape index (κ3) is 1.24. The lowest BCUT2D eigenvalue weighted by molar-refractivity contribution is 0.380. The van der Waals surface area contributed by atoms with Crippen LogP contribution < -0.4 is 4.90 Å². The molecular weight excluding hydrogens is 275 g/mol. The second-order valence-electron chi connectivity index (χ2n) is 3.98. The number of aromatic nitrogens is 1. The highest BCUT2D eigenvalue weighted by molar-refractivity contribution is 14.1.